The highest BCUT2D eigenvalue weighted by molar-refractivity contribution is 5.90. The number of hydrogen-bond donors (Lipinski definition) is 3. The fourth-order valence-corrected chi connectivity index (χ4v) is 2.81. The van der Waals surface area contributed by atoms with E-state index in [4.69, 9.17) is 5.73 Å². The standard InChI is InChI=1S/C11H16N6O2/c12-11-14-9(15-16-11)10(19)17-4-3-7-6(5-17)1-2-8(18)13-7/h6-7H,1-5H2,(H,13,18)(H3,12,14,15,16). The van der Waals surface area contributed by atoms with Crippen LogP contribution in [-0.4, -0.2) is 51.0 Å². The minimum absolute atomic E-state index is 0.0724. The zero-order valence-electron chi connectivity index (χ0n) is 10.4. The van der Waals surface area contributed by atoms with Crippen molar-refractivity contribution in [2.45, 2.75) is 25.3 Å². The number of H-pyrrole nitrogens is 1. The Bertz CT molecular complexity index is 513. The molecular weight excluding hydrogens is 248 g/mol. The summed E-state index contributed by atoms with van der Waals surface area (Å²) in [7, 11) is 0. The lowest BCUT2D eigenvalue weighted by Gasteiger charge is -2.41. The van der Waals surface area contributed by atoms with Crippen LogP contribution < -0.4 is 11.1 Å². The Morgan fingerprint density at radius 1 is 1.42 bits per heavy atom. The number of nitrogens with zero attached hydrogens (tertiary/aromatic N) is 3. The summed E-state index contributed by atoms with van der Waals surface area (Å²) in [5.74, 6) is 0.512. The fourth-order valence-electron chi connectivity index (χ4n) is 2.81. The molecule has 4 N–H and O–H groups in total. The monoisotopic (exact) mass is 264 g/mol. The molecule has 2 aliphatic heterocycles. The van der Waals surface area contributed by atoms with Crippen molar-refractivity contribution in [3.63, 3.8) is 0 Å². The van der Waals surface area contributed by atoms with Crippen molar-refractivity contribution in [1.29, 1.82) is 0 Å². The van der Waals surface area contributed by atoms with Crippen molar-refractivity contribution >= 4 is 17.8 Å². The molecule has 1 aromatic heterocycles. The molecule has 3 rings (SSSR count). The third-order valence-corrected chi connectivity index (χ3v) is 3.82. The summed E-state index contributed by atoms with van der Waals surface area (Å²) in [5.41, 5.74) is 5.40. The highest BCUT2D eigenvalue weighted by Crippen LogP contribution is 2.25. The molecule has 19 heavy (non-hydrogen) atoms. The van der Waals surface area contributed by atoms with Crippen LogP contribution in [0.3, 0.4) is 0 Å². The second-order valence-corrected chi connectivity index (χ2v) is 5.05. The molecule has 102 valence electrons. The summed E-state index contributed by atoms with van der Waals surface area (Å²) in [6.45, 7) is 1.26. The second kappa shape index (κ2) is 4.52. The Kier molecular flexibility index (Phi) is 2.84. The van der Waals surface area contributed by atoms with Gasteiger partial charge in [-0.3, -0.25) is 14.7 Å². The zero-order chi connectivity index (χ0) is 13.4. The van der Waals surface area contributed by atoms with Gasteiger partial charge < -0.3 is 16.0 Å². The zero-order valence-corrected chi connectivity index (χ0v) is 10.4. The molecule has 8 heteroatoms. The van der Waals surface area contributed by atoms with Crippen LogP contribution in [0.1, 0.15) is 29.9 Å². The van der Waals surface area contributed by atoms with Gasteiger partial charge in [0.25, 0.3) is 5.91 Å². The number of nitrogen functional groups attached to an aromatic ring is 1. The van der Waals surface area contributed by atoms with E-state index in [0.717, 1.165) is 12.8 Å². The number of fused-ring (bicyclic) bond motifs is 1. The number of nitrogens with two attached hydrogens (primary N) is 1. The number of likely N-dealkylation sites (tertiary alicyclic amines) is 1. The molecule has 2 aliphatic rings. The van der Waals surface area contributed by atoms with Crippen LogP contribution in [0.5, 0.6) is 0 Å². The molecule has 0 spiro atoms. The molecule has 1 aromatic rings. The number of amides is 2. The van der Waals surface area contributed by atoms with Crippen molar-refractivity contribution in [2.75, 3.05) is 18.8 Å². The molecule has 0 bridgehead atoms. The molecule has 3 heterocycles. The number of nitrogens with one attached hydrogen (secondary N) is 2. The van der Waals surface area contributed by atoms with Crippen LogP contribution >= 0.6 is 0 Å². The van der Waals surface area contributed by atoms with Crippen molar-refractivity contribution in [3.8, 4) is 0 Å². The number of carbonyl (C=O) groups is 2. The summed E-state index contributed by atoms with van der Waals surface area (Å²) in [4.78, 5) is 29.1. The lowest BCUT2D eigenvalue weighted by atomic mass is 9.85. The van der Waals surface area contributed by atoms with E-state index in [1.165, 1.54) is 0 Å². The Morgan fingerprint density at radius 2 is 2.26 bits per heavy atom. The third-order valence-electron chi connectivity index (χ3n) is 3.82. The molecule has 0 radical (unpaired) electrons. The van der Waals surface area contributed by atoms with Gasteiger partial charge in [0.15, 0.2) is 0 Å². The first-order valence-corrected chi connectivity index (χ1v) is 6.40. The van der Waals surface area contributed by atoms with E-state index < -0.39 is 0 Å². The summed E-state index contributed by atoms with van der Waals surface area (Å²) in [6.07, 6.45) is 2.16. The van der Waals surface area contributed by atoms with Crippen LogP contribution in [0, 0.1) is 5.92 Å². The largest absolute Gasteiger partial charge is 0.366 e. The molecule has 2 saturated heterocycles. The number of rotatable bonds is 1. The molecule has 8 nitrogen and oxygen atoms in total. The van der Waals surface area contributed by atoms with Crippen LogP contribution in [-0.2, 0) is 4.79 Å². The molecular formula is C11H16N6O2. The van der Waals surface area contributed by atoms with E-state index in [1.807, 2.05) is 0 Å². The maximum absolute atomic E-state index is 12.2. The molecule has 0 saturated carbocycles. The smallest absolute Gasteiger partial charge is 0.291 e. The van der Waals surface area contributed by atoms with Gasteiger partial charge in [0, 0.05) is 25.6 Å². The molecule has 0 aromatic carbocycles. The van der Waals surface area contributed by atoms with Crippen molar-refractivity contribution < 1.29 is 9.59 Å². The Labute approximate surface area is 109 Å². The minimum atomic E-state index is -0.181. The van der Waals surface area contributed by atoms with E-state index in [2.05, 4.69) is 20.5 Å². The molecule has 0 aliphatic carbocycles. The van der Waals surface area contributed by atoms with Crippen molar-refractivity contribution in [3.05, 3.63) is 5.82 Å². The fraction of sp³-hybridized carbons (Fsp3) is 0.636. The molecule has 2 unspecified atom stereocenters. The van der Waals surface area contributed by atoms with Crippen molar-refractivity contribution in [2.24, 2.45) is 5.92 Å². The number of aromatic nitrogens is 3. The van der Waals surface area contributed by atoms with Gasteiger partial charge in [-0.25, -0.2) is 0 Å². The summed E-state index contributed by atoms with van der Waals surface area (Å²) in [6, 6.07) is 0.199. The van der Waals surface area contributed by atoms with Gasteiger partial charge in [-0.15, -0.1) is 5.10 Å². The number of anilines is 1. The van der Waals surface area contributed by atoms with Crippen molar-refractivity contribution in [1.82, 2.24) is 25.4 Å². The number of aromatic amines is 1. The Morgan fingerprint density at radius 3 is 3.00 bits per heavy atom. The number of piperidine rings is 2. The topological polar surface area (TPSA) is 117 Å². The number of carbonyl (C=O) groups excluding carboxylic acids is 2. The van der Waals surface area contributed by atoms with Crippen LogP contribution in [0.15, 0.2) is 0 Å². The SMILES string of the molecule is Nc1n[nH]c(C(=O)N2CCC3NC(=O)CCC3C2)n1. The predicted octanol–water partition coefficient (Wildman–Crippen LogP) is -0.872. The van der Waals surface area contributed by atoms with Gasteiger partial charge in [0.2, 0.25) is 17.7 Å². The lowest BCUT2D eigenvalue weighted by molar-refractivity contribution is -0.125. The van der Waals surface area contributed by atoms with Gasteiger partial charge in [-0.05, 0) is 18.8 Å². The van der Waals surface area contributed by atoms with E-state index in [9.17, 15) is 9.59 Å². The first-order chi connectivity index (χ1) is 9.13. The summed E-state index contributed by atoms with van der Waals surface area (Å²) in [5, 5.41) is 9.18. The van der Waals surface area contributed by atoms with Gasteiger partial charge in [-0.1, -0.05) is 0 Å². The first-order valence-electron chi connectivity index (χ1n) is 6.40. The minimum Gasteiger partial charge on any atom is -0.366 e. The molecule has 2 amide bonds. The average molecular weight is 264 g/mol. The molecule has 2 atom stereocenters. The van der Waals surface area contributed by atoms with Gasteiger partial charge in [0.1, 0.15) is 0 Å². The third kappa shape index (κ3) is 2.25. The van der Waals surface area contributed by atoms with E-state index in [0.29, 0.717) is 25.4 Å². The second-order valence-electron chi connectivity index (χ2n) is 5.05. The summed E-state index contributed by atoms with van der Waals surface area (Å²) >= 11 is 0. The quantitative estimate of drug-likeness (QED) is 0.609. The maximum Gasteiger partial charge on any atom is 0.291 e. The van der Waals surface area contributed by atoms with Gasteiger partial charge in [0.05, 0.1) is 0 Å². The van der Waals surface area contributed by atoms with E-state index in [1.54, 1.807) is 4.90 Å². The average Bonchev–Trinajstić information content (AvgIpc) is 2.84. The van der Waals surface area contributed by atoms with Crippen LogP contribution in [0.2, 0.25) is 0 Å². The van der Waals surface area contributed by atoms with E-state index in [-0.39, 0.29) is 29.6 Å². The highest BCUT2D eigenvalue weighted by atomic mass is 16.2. The summed E-state index contributed by atoms with van der Waals surface area (Å²) < 4.78 is 0. The van der Waals surface area contributed by atoms with Gasteiger partial charge >= 0.3 is 0 Å². The Hall–Kier alpha value is -2.12. The Balaban J connectivity index is 1.68. The lowest BCUT2D eigenvalue weighted by Crippen LogP contribution is -2.55. The number of hydrogen-bond acceptors (Lipinski definition) is 5. The predicted molar refractivity (Wildman–Crippen MR) is 66.0 cm³/mol. The van der Waals surface area contributed by atoms with Crippen LogP contribution in [0.25, 0.3) is 0 Å². The molecule has 2 fully saturated rings. The normalized spacial score (nSPS) is 26.7. The van der Waals surface area contributed by atoms with E-state index >= 15 is 0 Å². The first kappa shape index (κ1) is 11.9. The van der Waals surface area contributed by atoms with Gasteiger partial charge in [-0.2, -0.15) is 4.98 Å². The maximum atomic E-state index is 12.2. The van der Waals surface area contributed by atoms with Crippen LogP contribution in [0.4, 0.5) is 5.95 Å². The highest BCUT2D eigenvalue weighted by Gasteiger charge is 2.36.